The Morgan fingerprint density at radius 2 is 2.57 bits per heavy atom. The molecule has 0 radical (unpaired) electrons. The zero-order chi connectivity index (χ0) is 10.6. The zero-order valence-electron chi connectivity index (χ0n) is 7.56. The molecule has 2 N–H and O–H groups in total. The molecule has 0 saturated heterocycles. The molecule has 0 bridgehead atoms. The summed E-state index contributed by atoms with van der Waals surface area (Å²) in [6.07, 6.45) is 0.337. The monoisotopic (exact) mass is 214 g/mol. The lowest BCUT2D eigenvalue weighted by Crippen LogP contribution is -2.22. The van der Waals surface area contributed by atoms with E-state index in [1.54, 1.807) is 5.38 Å². The average Bonchev–Trinajstić information content (AvgIpc) is 2.50. The Kier molecular flexibility index (Phi) is 3.58. The van der Waals surface area contributed by atoms with Gasteiger partial charge in [-0.25, -0.2) is 4.98 Å². The average molecular weight is 214 g/mol. The van der Waals surface area contributed by atoms with Crippen LogP contribution in [-0.4, -0.2) is 22.5 Å². The first-order chi connectivity index (χ1) is 6.63. The van der Waals surface area contributed by atoms with Gasteiger partial charge in [-0.15, -0.1) is 11.3 Å². The van der Waals surface area contributed by atoms with Gasteiger partial charge in [0, 0.05) is 5.38 Å². The van der Waals surface area contributed by atoms with E-state index < -0.39 is 12.0 Å². The maximum atomic E-state index is 10.5. The van der Waals surface area contributed by atoms with Crippen LogP contribution in [0.4, 0.5) is 0 Å². The molecular formula is C8H10N2O3S. The highest BCUT2D eigenvalue weighted by Crippen LogP contribution is 2.18. The number of carbonyl (C=O) groups excluding carboxylic acids is 1. The van der Waals surface area contributed by atoms with Crippen LogP contribution >= 0.6 is 11.3 Å². The number of carboxylic acid groups (broad SMARTS) is 1. The van der Waals surface area contributed by atoms with Crippen molar-refractivity contribution in [3.05, 3.63) is 16.1 Å². The predicted molar refractivity (Wildman–Crippen MR) is 51.0 cm³/mol. The number of aryl methyl sites for hydroxylation is 1. The van der Waals surface area contributed by atoms with E-state index in [-0.39, 0.29) is 6.42 Å². The number of hydrogen-bond acceptors (Lipinski definition) is 4. The van der Waals surface area contributed by atoms with Gasteiger partial charge >= 0.3 is 5.97 Å². The minimum atomic E-state index is -0.963. The Hall–Kier alpha value is -1.43. The number of nitrogens with one attached hydrogen (secondary N) is 1. The van der Waals surface area contributed by atoms with Gasteiger partial charge in [0.1, 0.15) is 0 Å². The van der Waals surface area contributed by atoms with Crippen molar-refractivity contribution in [2.24, 2.45) is 0 Å². The molecule has 0 fully saturated rings. The molecule has 0 saturated carbocycles. The molecule has 1 unspecified atom stereocenters. The standard InChI is InChI=1S/C8H10N2O3S/c1-5-10-7(3-14-5)6(9-4-11)2-8(12)13/h3-4,6H,2H2,1H3,(H,9,11)(H,12,13). The maximum absolute atomic E-state index is 10.5. The highest BCUT2D eigenvalue weighted by atomic mass is 32.1. The number of aromatic nitrogens is 1. The fourth-order valence-electron chi connectivity index (χ4n) is 1.05. The van der Waals surface area contributed by atoms with Crippen LogP contribution in [0.25, 0.3) is 0 Å². The highest BCUT2D eigenvalue weighted by molar-refractivity contribution is 7.09. The van der Waals surface area contributed by atoms with Gasteiger partial charge in [-0.3, -0.25) is 9.59 Å². The molecule has 1 aromatic heterocycles. The van der Waals surface area contributed by atoms with Gasteiger partial charge in [-0.05, 0) is 6.92 Å². The van der Waals surface area contributed by atoms with Crippen LogP contribution in [0.3, 0.4) is 0 Å². The van der Waals surface area contributed by atoms with Crippen LogP contribution in [0.5, 0.6) is 0 Å². The van der Waals surface area contributed by atoms with Crippen molar-refractivity contribution in [1.82, 2.24) is 10.3 Å². The topological polar surface area (TPSA) is 79.3 Å². The lowest BCUT2D eigenvalue weighted by Gasteiger charge is -2.10. The van der Waals surface area contributed by atoms with E-state index in [1.807, 2.05) is 6.92 Å². The molecule has 0 spiro atoms. The van der Waals surface area contributed by atoms with Gasteiger partial charge in [-0.2, -0.15) is 0 Å². The van der Waals surface area contributed by atoms with Crippen molar-refractivity contribution >= 4 is 23.7 Å². The first-order valence-corrected chi connectivity index (χ1v) is 4.85. The number of carboxylic acids is 1. The quantitative estimate of drug-likeness (QED) is 0.707. The normalized spacial score (nSPS) is 12.1. The number of carbonyl (C=O) groups is 2. The van der Waals surface area contributed by atoms with Gasteiger partial charge in [0.25, 0.3) is 0 Å². The van der Waals surface area contributed by atoms with Gasteiger partial charge < -0.3 is 10.4 Å². The van der Waals surface area contributed by atoms with Gasteiger partial charge in [0.15, 0.2) is 0 Å². The predicted octanol–water partition coefficient (Wildman–Crippen LogP) is 0.713. The molecular weight excluding hydrogens is 204 g/mol. The minimum Gasteiger partial charge on any atom is -0.481 e. The van der Waals surface area contributed by atoms with Crippen LogP contribution in [0.1, 0.15) is 23.2 Å². The van der Waals surface area contributed by atoms with E-state index in [1.165, 1.54) is 11.3 Å². The number of aliphatic carboxylic acids is 1. The molecule has 14 heavy (non-hydrogen) atoms. The molecule has 6 heteroatoms. The summed E-state index contributed by atoms with van der Waals surface area (Å²) in [6.45, 7) is 1.83. The molecule has 76 valence electrons. The maximum Gasteiger partial charge on any atom is 0.305 e. The van der Waals surface area contributed by atoms with Crippen LogP contribution in [-0.2, 0) is 9.59 Å². The lowest BCUT2D eigenvalue weighted by atomic mass is 10.1. The largest absolute Gasteiger partial charge is 0.481 e. The molecule has 0 aromatic carbocycles. The first kappa shape index (κ1) is 10.6. The van der Waals surface area contributed by atoms with Crippen molar-refractivity contribution in [1.29, 1.82) is 0 Å². The van der Waals surface area contributed by atoms with Crippen LogP contribution in [0.15, 0.2) is 5.38 Å². The molecule has 5 nitrogen and oxygen atoms in total. The summed E-state index contributed by atoms with van der Waals surface area (Å²) in [6, 6.07) is -0.532. The first-order valence-electron chi connectivity index (χ1n) is 3.97. The Morgan fingerprint density at radius 1 is 1.86 bits per heavy atom. The summed E-state index contributed by atoms with van der Waals surface area (Å²) in [5.74, 6) is -0.963. The van der Waals surface area contributed by atoms with E-state index in [9.17, 15) is 9.59 Å². The summed E-state index contributed by atoms with van der Waals surface area (Å²) in [4.78, 5) is 24.8. The fourth-order valence-corrected chi connectivity index (χ4v) is 1.71. The molecule has 0 aliphatic heterocycles. The smallest absolute Gasteiger partial charge is 0.305 e. The van der Waals surface area contributed by atoms with Crippen LogP contribution < -0.4 is 5.32 Å². The number of rotatable bonds is 5. The van der Waals surface area contributed by atoms with E-state index in [0.29, 0.717) is 12.1 Å². The second kappa shape index (κ2) is 4.71. The summed E-state index contributed by atoms with van der Waals surface area (Å²) >= 11 is 1.43. The lowest BCUT2D eigenvalue weighted by molar-refractivity contribution is -0.137. The Labute approximate surface area is 84.8 Å². The van der Waals surface area contributed by atoms with Crippen molar-refractivity contribution in [2.75, 3.05) is 0 Å². The third-order valence-corrected chi connectivity index (χ3v) is 2.43. The van der Waals surface area contributed by atoms with Crippen molar-refractivity contribution in [2.45, 2.75) is 19.4 Å². The number of nitrogens with zero attached hydrogens (tertiary/aromatic N) is 1. The third-order valence-electron chi connectivity index (χ3n) is 1.64. The Morgan fingerprint density at radius 3 is 3.00 bits per heavy atom. The molecule has 0 aliphatic carbocycles. The van der Waals surface area contributed by atoms with Crippen LogP contribution in [0, 0.1) is 6.92 Å². The second-order valence-corrected chi connectivity index (χ2v) is 3.79. The molecule has 1 heterocycles. The molecule has 0 aliphatic rings. The summed E-state index contributed by atoms with van der Waals surface area (Å²) in [5, 5.41) is 13.6. The summed E-state index contributed by atoms with van der Waals surface area (Å²) in [5.41, 5.74) is 0.599. The molecule has 1 atom stereocenters. The van der Waals surface area contributed by atoms with Crippen LogP contribution in [0.2, 0.25) is 0 Å². The third kappa shape index (κ3) is 2.81. The SMILES string of the molecule is Cc1nc(C(CC(=O)O)NC=O)cs1. The minimum absolute atomic E-state index is 0.151. The highest BCUT2D eigenvalue weighted by Gasteiger charge is 2.16. The van der Waals surface area contributed by atoms with Crippen molar-refractivity contribution in [3.8, 4) is 0 Å². The molecule has 1 amide bonds. The summed E-state index contributed by atoms with van der Waals surface area (Å²) < 4.78 is 0. The van der Waals surface area contributed by atoms with Gasteiger partial charge in [-0.1, -0.05) is 0 Å². The van der Waals surface area contributed by atoms with E-state index >= 15 is 0 Å². The molecule has 1 rings (SSSR count). The van der Waals surface area contributed by atoms with E-state index in [2.05, 4.69) is 10.3 Å². The Bertz CT molecular complexity index is 337. The van der Waals surface area contributed by atoms with Crippen molar-refractivity contribution in [3.63, 3.8) is 0 Å². The van der Waals surface area contributed by atoms with Gasteiger partial charge in [0.05, 0.1) is 23.2 Å². The Balaban J connectivity index is 2.76. The summed E-state index contributed by atoms with van der Waals surface area (Å²) in [7, 11) is 0. The molecule has 1 aromatic rings. The number of hydrogen-bond donors (Lipinski definition) is 2. The number of amides is 1. The van der Waals surface area contributed by atoms with Gasteiger partial charge in [0.2, 0.25) is 6.41 Å². The zero-order valence-corrected chi connectivity index (χ0v) is 8.37. The van der Waals surface area contributed by atoms with E-state index in [0.717, 1.165) is 5.01 Å². The van der Waals surface area contributed by atoms with E-state index in [4.69, 9.17) is 5.11 Å². The van der Waals surface area contributed by atoms with Crippen molar-refractivity contribution < 1.29 is 14.7 Å². The second-order valence-electron chi connectivity index (χ2n) is 2.73. The fraction of sp³-hybridized carbons (Fsp3) is 0.375. The number of thiazole rings is 1.